The average molecular weight is 424 g/mol. The summed E-state index contributed by atoms with van der Waals surface area (Å²) in [5, 5.41) is 18.3. The summed E-state index contributed by atoms with van der Waals surface area (Å²) in [5.41, 5.74) is 7.17. The second-order valence-corrected chi connectivity index (χ2v) is 7.66. The molecule has 0 aromatic heterocycles. The van der Waals surface area contributed by atoms with Gasteiger partial charge in [0, 0.05) is 17.2 Å². The minimum atomic E-state index is -0.749. The van der Waals surface area contributed by atoms with Crippen LogP contribution in [0.5, 0.6) is 0 Å². The molecule has 2 saturated heterocycles. The molecule has 140 valence electrons. The van der Waals surface area contributed by atoms with Gasteiger partial charge in [0.1, 0.15) is 18.7 Å². The minimum Gasteiger partial charge on any atom is -0.376 e. The third-order valence-corrected chi connectivity index (χ3v) is 5.33. The van der Waals surface area contributed by atoms with E-state index < -0.39 is 12.5 Å². The molecule has 1 aromatic rings. The van der Waals surface area contributed by atoms with Gasteiger partial charge in [0.15, 0.2) is 0 Å². The highest BCUT2D eigenvalue weighted by Crippen LogP contribution is 2.31. The Labute approximate surface area is 160 Å². The van der Waals surface area contributed by atoms with E-state index in [1.54, 1.807) is 4.90 Å². The molecule has 3 aliphatic heterocycles. The van der Waals surface area contributed by atoms with Crippen molar-refractivity contribution in [3.63, 3.8) is 0 Å². The zero-order valence-corrected chi connectivity index (χ0v) is 16.2. The first-order chi connectivity index (χ1) is 12.4. The van der Waals surface area contributed by atoms with Gasteiger partial charge in [0.05, 0.1) is 24.5 Å². The van der Waals surface area contributed by atoms with E-state index in [0.717, 1.165) is 21.3 Å². The molecule has 3 aliphatic rings. The van der Waals surface area contributed by atoms with Gasteiger partial charge in [-0.25, -0.2) is 10.3 Å². The fourth-order valence-corrected chi connectivity index (χ4v) is 4.37. The summed E-state index contributed by atoms with van der Waals surface area (Å²) in [7, 11) is 0. The number of morpholine rings is 1. The second kappa shape index (κ2) is 6.91. The molecule has 3 heterocycles. The van der Waals surface area contributed by atoms with Gasteiger partial charge < -0.3 is 15.2 Å². The number of halogens is 1. The molecular weight excluding hydrogens is 402 g/mol. The predicted molar refractivity (Wildman–Crippen MR) is 99.7 cm³/mol. The topological polar surface area (TPSA) is 89.1 Å². The number of fused-ring (bicyclic) bond motifs is 1. The van der Waals surface area contributed by atoms with Crippen LogP contribution in [0.2, 0.25) is 0 Å². The molecule has 0 bridgehead atoms. The number of benzene rings is 1. The molecule has 4 rings (SSSR count). The maximum absolute atomic E-state index is 12.6. The molecule has 0 spiro atoms. The Kier molecular flexibility index (Phi) is 4.76. The van der Waals surface area contributed by atoms with Crippen LogP contribution < -0.4 is 21.1 Å². The number of nitrogens with zero attached hydrogens (tertiary/aromatic N) is 2. The Morgan fingerprint density at radius 2 is 2.04 bits per heavy atom. The standard InChI is InChI=1S/C17H22BrN5O3/c1-9-5-11(18)6-10(2)14(9)23-7-12-15(21-23)19-17(20-16(12)25)22-3-4-26-8-13(22)24/h5-7,13,15,17,19,21,24H,3-4,8H2,1-2H3,(H,20,25). The molecule has 0 saturated carbocycles. The lowest BCUT2D eigenvalue weighted by Gasteiger charge is -2.42. The van der Waals surface area contributed by atoms with Gasteiger partial charge in [-0.2, -0.15) is 0 Å². The third-order valence-electron chi connectivity index (χ3n) is 4.87. The van der Waals surface area contributed by atoms with Gasteiger partial charge in [0.25, 0.3) is 5.91 Å². The maximum Gasteiger partial charge on any atom is 0.254 e. The fraction of sp³-hybridized carbons (Fsp3) is 0.471. The highest BCUT2D eigenvalue weighted by molar-refractivity contribution is 9.10. The van der Waals surface area contributed by atoms with Crippen molar-refractivity contribution in [1.82, 2.24) is 21.0 Å². The minimum absolute atomic E-state index is 0.153. The Balaban J connectivity index is 1.56. The second-order valence-electron chi connectivity index (χ2n) is 6.74. The molecule has 3 unspecified atom stereocenters. The van der Waals surface area contributed by atoms with E-state index >= 15 is 0 Å². The van der Waals surface area contributed by atoms with E-state index in [1.807, 2.05) is 37.2 Å². The van der Waals surface area contributed by atoms with Gasteiger partial charge >= 0.3 is 0 Å². The number of aryl methyl sites for hydroxylation is 2. The smallest absolute Gasteiger partial charge is 0.254 e. The number of carbonyl (C=O) groups excluding carboxylic acids is 1. The van der Waals surface area contributed by atoms with Gasteiger partial charge in [-0.3, -0.25) is 15.1 Å². The number of hydrogen-bond acceptors (Lipinski definition) is 7. The van der Waals surface area contributed by atoms with Gasteiger partial charge in [-0.05, 0) is 37.1 Å². The lowest BCUT2D eigenvalue weighted by molar-refractivity contribution is -0.145. The van der Waals surface area contributed by atoms with E-state index in [4.69, 9.17) is 4.74 Å². The van der Waals surface area contributed by atoms with E-state index in [0.29, 0.717) is 18.7 Å². The third kappa shape index (κ3) is 3.15. The van der Waals surface area contributed by atoms with E-state index in [9.17, 15) is 9.90 Å². The zero-order valence-electron chi connectivity index (χ0n) is 14.6. The quantitative estimate of drug-likeness (QED) is 0.542. The van der Waals surface area contributed by atoms with Crippen LogP contribution >= 0.6 is 15.9 Å². The molecule has 4 N–H and O–H groups in total. The van der Waals surface area contributed by atoms with Crippen molar-refractivity contribution in [2.24, 2.45) is 0 Å². The van der Waals surface area contributed by atoms with Crippen LogP contribution in [0, 0.1) is 13.8 Å². The van der Waals surface area contributed by atoms with Crippen LogP contribution in [0.3, 0.4) is 0 Å². The Morgan fingerprint density at radius 1 is 1.31 bits per heavy atom. The van der Waals surface area contributed by atoms with E-state index in [-0.39, 0.29) is 18.7 Å². The summed E-state index contributed by atoms with van der Waals surface area (Å²) >= 11 is 3.51. The van der Waals surface area contributed by atoms with Gasteiger partial charge in [-0.15, -0.1) is 0 Å². The van der Waals surface area contributed by atoms with Gasteiger partial charge in [-0.1, -0.05) is 15.9 Å². The van der Waals surface area contributed by atoms with Crippen molar-refractivity contribution < 1.29 is 14.6 Å². The van der Waals surface area contributed by atoms with Crippen LogP contribution in [0.15, 0.2) is 28.4 Å². The Morgan fingerprint density at radius 3 is 2.73 bits per heavy atom. The molecular formula is C17H22BrN5O3. The summed E-state index contributed by atoms with van der Waals surface area (Å²) in [6.45, 7) is 5.37. The SMILES string of the molecule is Cc1cc(Br)cc(C)c1N1C=C2C(=O)NC(N3CCOCC3O)NC2N1. The zero-order chi connectivity index (χ0) is 18.4. The maximum atomic E-state index is 12.6. The monoisotopic (exact) mass is 423 g/mol. The molecule has 8 nitrogen and oxygen atoms in total. The summed E-state index contributed by atoms with van der Waals surface area (Å²) in [4.78, 5) is 14.4. The average Bonchev–Trinajstić information content (AvgIpc) is 2.98. The first-order valence-electron chi connectivity index (χ1n) is 8.56. The van der Waals surface area contributed by atoms with Crippen molar-refractivity contribution in [2.75, 3.05) is 24.8 Å². The van der Waals surface area contributed by atoms with Gasteiger partial charge in [0.2, 0.25) is 0 Å². The number of anilines is 1. The molecule has 0 radical (unpaired) electrons. The van der Waals surface area contributed by atoms with Crippen molar-refractivity contribution in [3.05, 3.63) is 39.5 Å². The van der Waals surface area contributed by atoms with Crippen molar-refractivity contribution in [1.29, 1.82) is 0 Å². The Hall–Kier alpha value is -1.49. The van der Waals surface area contributed by atoms with Crippen molar-refractivity contribution in [3.8, 4) is 0 Å². The highest BCUT2D eigenvalue weighted by atomic mass is 79.9. The number of carbonyl (C=O) groups is 1. The van der Waals surface area contributed by atoms with Crippen LogP contribution in [-0.4, -0.2) is 54.4 Å². The first-order valence-corrected chi connectivity index (χ1v) is 9.35. The number of ether oxygens (including phenoxy) is 1. The largest absolute Gasteiger partial charge is 0.376 e. The number of hydrazine groups is 1. The van der Waals surface area contributed by atoms with E-state index in [2.05, 4.69) is 32.0 Å². The summed E-state index contributed by atoms with van der Waals surface area (Å²) in [6, 6.07) is 4.09. The fourth-order valence-electron chi connectivity index (χ4n) is 3.68. The highest BCUT2D eigenvalue weighted by Gasteiger charge is 2.40. The van der Waals surface area contributed by atoms with Crippen LogP contribution in [0.25, 0.3) is 0 Å². The van der Waals surface area contributed by atoms with Crippen molar-refractivity contribution >= 4 is 27.5 Å². The molecule has 1 amide bonds. The normalized spacial score (nSPS) is 29.4. The van der Waals surface area contributed by atoms with Crippen molar-refractivity contribution in [2.45, 2.75) is 32.5 Å². The number of aliphatic hydroxyl groups is 1. The molecule has 9 heteroatoms. The molecule has 1 aromatic carbocycles. The number of nitrogens with one attached hydrogen (secondary N) is 3. The van der Waals surface area contributed by atoms with E-state index in [1.165, 1.54) is 0 Å². The summed E-state index contributed by atoms with van der Waals surface area (Å²) < 4.78 is 6.28. The predicted octanol–water partition coefficient (Wildman–Crippen LogP) is 0.254. The summed E-state index contributed by atoms with van der Waals surface area (Å²) in [5.74, 6) is -0.153. The van der Waals surface area contributed by atoms with Crippen LogP contribution in [0.1, 0.15) is 11.1 Å². The number of amides is 1. The first kappa shape index (κ1) is 17.9. The molecule has 3 atom stereocenters. The molecule has 2 fully saturated rings. The lowest BCUT2D eigenvalue weighted by atomic mass is 10.1. The van der Waals surface area contributed by atoms with Crippen LogP contribution in [0.4, 0.5) is 5.69 Å². The summed E-state index contributed by atoms with van der Waals surface area (Å²) in [6.07, 6.45) is 0.289. The molecule has 0 aliphatic carbocycles. The Bertz CT molecular complexity index is 748. The number of hydrogen-bond donors (Lipinski definition) is 4. The number of rotatable bonds is 2. The number of aliphatic hydroxyl groups excluding tert-OH is 1. The molecule has 26 heavy (non-hydrogen) atoms. The lowest BCUT2D eigenvalue weighted by Crippen LogP contribution is -2.70. The van der Waals surface area contributed by atoms with Crippen LogP contribution in [-0.2, 0) is 9.53 Å².